The van der Waals surface area contributed by atoms with Crippen LogP contribution in [0.4, 0.5) is 0 Å². The minimum absolute atomic E-state index is 0.618. The van der Waals surface area contributed by atoms with Crippen molar-refractivity contribution in [3.8, 4) is 0 Å². The van der Waals surface area contributed by atoms with Crippen LogP contribution in [0.5, 0.6) is 0 Å². The number of nitrogens with one attached hydrogen (secondary N) is 1. The summed E-state index contributed by atoms with van der Waals surface area (Å²) in [6, 6.07) is 0.618. The first-order valence-corrected chi connectivity index (χ1v) is 7.74. The van der Waals surface area contributed by atoms with Gasteiger partial charge in [-0.25, -0.2) is 0 Å². The molecule has 0 aliphatic heterocycles. The molecule has 0 saturated carbocycles. The van der Waals surface area contributed by atoms with Gasteiger partial charge in [-0.15, -0.1) is 0 Å². The summed E-state index contributed by atoms with van der Waals surface area (Å²) in [5.41, 5.74) is 0. The molecule has 0 rings (SSSR count). The molecule has 1 N–H and O–H groups in total. The lowest BCUT2D eigenvalue weighted by molar-refractivity contribution is 0.264. The van der Waals surface area contributed by atoms with Crippen molar-refractivity contribution in [1.29, 1.82) is 0 Å². The van der Waals surface area contributed by atoms with Gasteiger partial charge >= 0.3 is 0 Å². The number of hydrogen-bond donors (Lipinski definition) is 1. The Morgan fingerprint density at radius 3 is 2.06 bits per heavy atom. The van der Waals surface area contributed by atoms with Crippen molar-refractivity contribution < 1.29 is 0 Å². The molecular weight excluding hydrogens is 206 g/mol. The van der Waals surface area contributed by atoms with Crippen molar-refractivity contribution in [2.45, 2.75) is 79.7 Å². The molecule has 0 amide bonds. The molecule has 0 aromatic rings. The maximum atomic E-state index is 3.61. The zero-order chi connectivity index (χ0) is 13.3. The van der Waals surface area contributed by atoms with E-state index in [0.717, 1.165) is 17.8 Å². The highest BCUT2D eigenvalue weighted by atomic mass is 14.9. The van der Waals surface area contributed by atoms with E-state index in [1.54, 1.807) is 0 Å². The molecule has 0 radical (unpaired) electrons. The van der Waals surface area contributed by atoms with E-state index < -0.39 is 0 Å². The average molecular weight is 241 g/mol. The first kappa shape index (κ1) is 17.0. The maximum absolute atomic E-state index is 3.61. The van der Waals surface area contributed by atoms with E-state index in [-0.39, 0.29) is 0 Å². The van der Waals surface area contributed by atoms with Gasteiger partial charge in [-0.2, -0.15) is 0 Å². The SMILES string of the molecule is CCCCC(CC)CC(CNC(C)C)C(C)C. The molecule has 2 unspecified atom stereocenters. The van der Waals surface area contributed by atoms with Crippen LogP contribution < -0.4 is 5.32 Å². The second-order valence-corrected chi connectivity index (χ2v) is 6.22. The summed E-state index contributed by atoms with van der Waals surface area (Å²) < 4.78 is 0. The number of unbranched alkanes of at least 4 members (excludes halogenated alkanes) is 1. The predicted molar refractivity (Wildman–Crippen MR) is 79.4 cm³/mol. The van der Waals surface area contributed by atoms with Gasteiger partial charge in [0.25, 0.3) is 0 Å². The Balaban J connectivity index is 4.10. The molecule has 1 heteroatoms. The number of rotatable bonds is 10. The summed E-state index contributed by atoms with van der Waals surface area (Å²) in [6.07, 6.45) is 6.94. The zero-order valence-corrected chi connectivity index (χ0v) is 13.1. The van der Waals surface area contributed by atoms with Crippen LogP contribution in [-0.4, -0.2) is 12.6 Å². The molecule has 17 heavy (non-hydrogen) atoms. The van der Waals surface area contributed by atoms with E-state index in [0.29, 0.717) is 6.04 Å². The van der Waals surface area contributed by atoms with Crippen LogP contribution in [0, 0.1) is 17.8 Å². The van der Waals surface area contributed by atoms with Gasteiger partial charge in [0.2, 0.25) is 0 Å². The van der Waals surface area contributed by atoms with Gasteiger partial charge in [-0.1, -0.05) is 67.2 Å². The van der Waals surface area contributed by atoms with Crippen LogP contribution >= 0.6 is 0 Å². The van der Waals surface area contributed by atoms with Gasteiger partial charge < -0.3 is 5.32 Å². The minimum atomic E-state index is 0.618. The largest absolute Gasteiger partial charge is 0.314 e. The quantitative estimate of drug-likeness (QED) is 0.576. The molecule has 0 saturated heterocycles. The fourth-order valence-electron chi connectivity index (χ4n) is 2.39. The first-order chi connectivity index (χ1) is 8.01. The van der Waals surface area contributed by atoms with Crippen LogP contribution in [0.15, 0.2) is 0 Å². The van der Waals surface area contributed by atoms with Crippen molar-refractivity contribution in [2.24, 2.45) is 17.8 Å². The van der Waals surface area contributed by atoms with Crippen LogP contribution in [0.2, 0.25) is 0 Å². The van der Waals surface area contributed by atoms with E-state index in [2.05, 4.69) is 46.9 Å². The average Bonchev–Trinajstić information content (AvgIpc) is 2.27. The third-order valence-electron chi connectivity index (χ3n) is 3.91. The molecule has 0 bridgehead atoms. The fraction of sp³-hybridized carbons (Fsp3) is 1.00. The monoisotopic (exact) mass is 241 g/mol. The smallest absolute Gasteiger partial charge is 0.00104 e. The Hall–Kier alpha value is -0.0400. The summed E-state index contributed by atoms with van der Waals surface area (Å²) >= 11 is 0. The lowest BCUT2D eigenvalue weighted by Gasteiger charge is -2.27. The van der Waals surface area contributed by atoms with Crippen LogP contribution in [-0.2, 0) is 0 Å². The summed E-state index contributed by atoms with van der Waals surface area (Å²) in [4.78, 5) is 0. The van der Waals surface area contributed by atoms with Gasteiger partial charge in [0.15, 0.2) is 0 Å². The molecular formula is C16H35N. The van der Waals surface area contributed by atoms with Crippen LogP contribution in [0.3, 0.4) is 0 Å². The fourth-order valence-corrected chi connectivity index (χ4v) is 2.39. The second-order valence-electron chi connectivity index (χ2n) is 6.22. The van der Waals surface area contributed by atoms with Crippen LogP contribution in [0.25, 0.3) is 0 Å². The standard InChI is InChI=1S/C16H35N/c1-7-9-10-15(8-2)11-16(13(3)4)12-17-14(5)6/h13-17H,7-12H2,1-6H3. The van der Waals surface area contributed by atoms with Crippen LogP contribution in [0.1, 0.15) is 73.6 Å². The molecule has 0 heterocycles. The molecule has 0 aliphatic carbocycles. The van der Waals surface area contributed by atoms with Gasteiger partial charge in [0.05, 0.1) is 0 Å². The van der Waals surface area contributed by atoms with Gasteiger partial charge in [0.1, 0.15) is 0 Å². The van der Waals surface area contributed by atoms with Crippen molar-refractivity contribution in [3.05, 3.63) is 0 Å². The lowest BCUT2D eigenvalue weighted by atomic mass is 9.83. The molecule has 0 aromatic heterocycles. The molecule has 1 nitrogen and oxygen atoms in total. The highest BCUT2D eigenvalue weighted by Gasteiger charge is 2.18. The predicted octanol–water partition coefficient (Wildman–Crippen LogP) is 4.86. The van der Waals surface area contributed by atoms with E-state index in [1.807, 2.05) is 0 Å². The minimum Gasteiger partial charge on any atom is -0.314 e. The highest BCUT2D eigenvalue weighted by molar-refractivity contribution is 4.72. The number of hydrogen-bond acceptors (Lipinski definition) is 1. The Kier molecular flexibility index (Phi) is 9.91. The zero-order valence-electron chi connectivity index (χ0n) is 13.1. The Morgan fingerprint density at radius 1 is 1.00 bits per heavy atom. The van der Waals surface area contributed by atoms with Crippen molar-refractivity contribution in [3.63, 3.8) is 0 Å². The van der Waals surface area contributed by atoms with Crippen molar-refractivity contribution in [1.82, 2.24) is 5.32 Å². The van der Waals surface area contributed by atoms with E-state index >= 15 is 0 Å². The highest BCUT2D eigenvalue weighted by Crippen LogP contribution is 2.25. The molecule has 0 spiro atoms. The lowest BCUT2D eigenvalue weighted by Crippen LogP contribution is -2.32. The third-order valence-corrected chi connectivity index (χ3v) is 3.91. The van der Waals surface area contributed by atoms with Crippen molar-refractivity contribution in [2.75, 3.05) is 6.54 Å². The van der Waals surface area contributed by atoms with E-state index in [9.17, 15) is 0 Å². The topological polar surface area (TPSA) is 12.0 Å². The molecule has 2 atom stereocenters. The van der Waals surface area contributed by atoms with E-state index in [4.69, 9.17) is 0 Å². The summed E-state index contributed by atoms with van der Waals surface area (Å²) in [5.74, 6) is 2.59. The Labute approximate surface area is 110 Å². The second kappa shape index (κ2) is 9.94. The van der Waals surface area contributed by atoms with E-state index in [1.165, 1.54) is 38.6 Å². The summed E-state index contributed by atoms with van der Waals surface area (Å²) in [5, 5.41) is 3.61. The van der Waals surface area contributed by atoms with Crippen molar-refractivity contribution >= 4 is 0 Å². The Morgan fingerprint density at radius 2 is 1.65 bits per heavy atom. The molecule has 0 aromatic carbocycles. The maximum Gasteiger partial charge on any atom is 0.00104 e. The van der Waals surface area contributed by atoms with Gasteiger partial charge in [-0.05, 0) is 30.7 Å². The van der Waals surface area contributed by atoms with Gasteiger partial charge in [0, 0.05) is 6.04 Å². The first-order valence-electron chi connectivity index (χ1n) is 7.74. The summed E-state index contributed by atoms with van der Waals surface area (Å²) in [7, 11) is 0. The normalized spacial score (nSPS) is 15.5. The summed E-state index contributed by atoms with van der Waals surface area (Å²) in [6.45, 7) is 15.1. The third kappa shape index (κ3) is 8.65. The molecule has 0 fully saturated rings. The molecule has 0 aliphatic rings. The Bertz CT molecular complexity index is 163. The molecule has 104 valence electrons. The van der Waals surface area contributed by atoms with Gasteiger partial charge in [-0.3, -0.25) is 0 Å².